The predicted octanol–water partition coefficient (Wildman–Crippen LogP) is 0.954. The lowest BCUT2D eigenvalue weighted by molar-refractivity contribution is -0.608. The average molecular weight is 199 g/mol. The van der Waals surface area contributed by atoms with Gasteiger partial charge in [0.15, 0.2) is 12.3 Å². The Balaban J connectivity index is 3.25. The Morgan fingerprint density at radius 2 is 2.40 bits per heavy atom. The third-order valence-electron chi connectivity index (χ3n) is 0.996. The summed E-state index contributed by atoms with van der Waals surface area (Å²) in [5.74, 6) is 0. The van der Waals surface area contributed by atoms with Gasteiger partial charge in [-0.05, 0) is 0 Å². The molecular formula is C6H3BrN2O. The third kappa shape index (κ3) is 1.25. The lowest BCUT2D eigenvalue weighted by Gasteiger charge is -1.95. The van der Waals surface area contributed by atoms with Gasteiger partial charge in [-0.25, -0.2) is 0 Å². The highest BCUT2D eigenvalue weighted by atomic mass is 79.9. The van der Waals surface area contributed by atoms with Gasteiger partial charge in [0.05, 0.1) is 0 Å². The van der Waals surface area contributed by atoms with Gasteiger partial charge in [-0.15, -0.1) is 0 Å². The molecule has 0 unspecified atom stereocenters. The maximum Gasteiger partial charge on any atom is 0.295 e. The average Bonchev–Trinajstić information content (AvgIpc) is 1.94. The molecule has 0 saturated carbocycles. The van der Waals surface area contributed by atoms with Gasteiger partial charge >= 0.3 is 0 Å². The Hall–Kier alpha value is -1.08. The molecule has 0 amide bonds. The largest absolute Gasteiger partial charge is 0.618 e. The minimum Gasteiger partial charge on any atom is -0.618 e. The van der Waals surface area contributed by atoms with Crippen molar-refractivity contribution in [2.24, 2.45) is 0 Å². The van der Waals surface area contributed by atoms with Gasteiger partial charge in [-0.1, -0.05) is 15.9 Å². The Morgan fingerprint density at radius 3 is 2.90 bits per heavy atom. The van der Waals surface area contributed by atoms with Crippen LogP contribution in [-0.4, -0.2) is 0 Å². The number of rotatable bonds is 0. The Morgan fingerprint density at radius 1 is 1.70 bits per heavy atom. The zero-order valence-electron chi connectivity index (χ0n) is 4.91. The molecule has 0 aliphatic carbocycles. The van der Waals surface area contributed by atoms with E-state index in [1.807, 2.05) is 0 Å². The van der Waals surface area contributed by atoms with Crippen molar-refractivity contribution in [1.82, 2.24) is 0 Å². The smallest absolute Gasteiger partial charge is 0.295 e. The van der Waals surface area contributed by atoms with Crippen molar-refractivity contribution >= 4 is 15.9 Å². The van der Waals surface area contributed by atoms with E-state index in [-0.39, 0.29) is 5.69 Å². The molecule has 0 aliphatic heterocycles. The lowest BCUT2D eigenvalue weighted by Crippen LogP contribution is -2.29. The molecule has 0 aliphatic rings. The van der Waals surface area contributed by atoms with Gasteiger partial charge < -0.3 is 5.21 Å². The van der Waals surface area contributed by atoms with E-state index in [0.717, 1.165) is 4.47 Å². The maximum absolute atomic E-state index is 10.7. The number of halogens is 1. The van der Waals surface area contributed by atoms with Crippen molar-refractivity contribution in [3.63, 3.8) is 0 Å². The summed E-state index contributed by atoms with van der Waals surface area (Å²) in [4.78, 5) is 0. The van der Waals surface area contributed by atoms with Crippen LogP contribution in [0.1, 0.15) is 5.69 Å². The van der Waals surface area contributed by atoms with Crippen LogP contribution in [0.15, 0.2) is 22.8 Å². The summed E-state index contributed by atoms with van der Waals surface area (Å²) in [7, 11) is 0. The molecule has 0 aromatic carbocycles. The van der Waals surface area contributed by atoms with Crippen LogP contribution in [0.4, 0.5) is 0 Å². The molecule has 1 aromatic rings. The minimum absolute atomic E-state index is 0.0920. The first-order chi connectivity index (χ1) is 4.74. The highest BCUT2D eigenvalue weighted by molar-refractivity contribution is 9.10. The molecule has 1 heterocycles. The van der Waals surface area contributed by atoms with E-state index < -0.39 is 0 Å². The van der Waals surface area contributed by atoms with Crippen LogP contribution in [0.2, 0.25) is 0 Å². The molecule has 1 aromatic heterocycles. The molecule has 50 valence electrons. The van der Waals surface area contributed by atoms with Crippen molar-refractivity contribution in [2.75, 3.05) is 0 Å². The fourth-order valence-electron chi connectivity index (χ4n) is 0.543. The van der Waals surface area contributed by atoms with E-state index >= 15 is 0 Å². The molecule has 0 bridgehead atoms. The zero-order chi connectivity index (χ0) is 7.56. The molecule has 0 atom stereocenters. The molecule has 0 fully saturated rings. The van der Waals surface area contributed by atoms with E-state index in [1.54, 1.807) is 12.1 Å². The van der Waals surface area contributed by atoms with Crippen molar-refractivity contribution in [1.29, 1.82) is 5.26 Å². The Bertz CT molecular complexity index is 292. The first kappa shape index (κ1) is 7.03. The van der Waals surface area contributed by atoms with Crippen LogP contribution >= 0.6 is 15.9 Å². The highest BCUT2D eigenvalue weighted by Crippen LogP contribution is 2.06. The minimum atomic E-state index is 0.0920. The number of nitriles is 1. The van der Waals surface area contributed by atoms with Crippen LogP contribution in [-0.2, 0) is 0 Å². The summed E-state index contributed by atoms with van der Waals surface area (Å²) in [5, 5.41) is 19.0. The molecule has 10 heavy (non-hydrogen) atoms. The highest BCUT2D eigenvalue weighted by Gasteiger charge is 2.01. The van der Waals surface area contributed by atoms with E-state index in [4.69, 9.17) is 5.26 Å². The summed E-state index contributed by atoms with van der Waals surface area (Å²) in [6, 6.07) is 4.80. The summed E-state index contributed by atoms with van der Waals surface area (Å²) >= 11 is 3.13. The third-order valence-corrected chi connectivity index (χ3v) is 1.49. The van der Waals surface area contributed by atoms with Crippen molar-refractivity contribution in [3.8, 4) is 6.07 Å². The van der Waals surface area contributed by atoms with Crippen LogP contribution in [0, 0.1) is 16.5 Å². The number of aromatic nitrogens is 1. The van der Waals surface area contributed by atoms with Gasteiger partial charge in [0.2, 0.25) is 0 Å². The van der Waals surface area contributed by atoms with Crippen LogP contribution < -0.4 is 4.73 Å². The lowest BCUT2D eigenvalue weighted by atomic mass is 10.4. The van der Waals surface area contributed by atoms with Gasteiger partial charge in [-0.2, -0.15) is 9.99 Å². The Kier molecular flexibility index (Phi) is 1.88. The second kappa shape index (κ2) is 2.67. The number of hydrogen-bond acceptors (Lipinski definition) is 2. The van der Waals surface area contributed by atoms with Crippen LogP contribution in [0.5, 0.6) is 0 Å². The molecule has 0 radical (unpaired) electrons. The molecule has 4 heteroatoms. The number of nitrogens with zero attached hydrogens (tertiary/aromatic N) is 2. The first-order valence-electron chi connectivity index (χ1n) is 2.53. The second-order valence-corrected chi connectivity index (χ2v) is 2.58. The molecule has 0 N–H and O–H groups in total. The number of hydrogen-bond donors (Lipinski definition) is 0. The standard InChI is InChI=1S/C6H3BrN2O/c7-5-1-2-9(10)6(3-5)4-8/h1-3H. The van der Waals surface area contributed by atoms with Crippen LogP contribution in [0.25, 0.3) is 0 Å². The van der Waals surface area contributed by atoms with E-state index in [9.17, 15) is 5.21 Å². The molecule has 0 spiro atoms. The second-order valence-electron chi connectivity index (χ2n) is 1.67. The molecule has 3 nitrogen and oxygen atoms in total. The summed E-state index contributed by atoms with van der Waals surface area (Å²) in [5.41, 5.74) is 0.0920. The maximum atomic E-state index is 10.7. The number of pyridine rings is 1. The van der Waals surface area contributed by atoms with E-state index in [2.05, 4.69) is 15.9 Å². The van der Waals surface area contributed by atoms with Crippen molar-refractivity contribution in [2.45, 2.75) is 0 Å². The normalized spacial score (nSPS) is 8.80. The summed E-state index contributed by atoms with van der Waals surface area (Å²) in [6.45, 7) is 0. The zero-order valence-corrected chi connectivity index (χ0v) is 6.50. The summed E-state index contributed by atoms with van der Waals surface area (Å²) < 4.78 is 1.25. The Labute approximate surface area is 66.2 Å². The summed E-state index contributed by atoms with van der Waals surface area (Å²) in [6.07, 6.45) is 1.28. The van der Waals surface area contributed by atoms with Gasteiger partial charge in [0.25, 0.3) is 5.69 Å². The quantitative estimate of drug-likeness (QED) is 0.461. The van der Waals surface area contributed by atoms with Crippen molar-refractivity contribution < 1.29 is 4.73 Å². The molecular weight excluding hydrogens is 196 g/mol. The van der Waals surface area contributed by atoms with E-state index in [0.29, 0.717) is 4.73 Å². The predicted molar refractivity (Wildman–Crippen MR) is 37.8 cm³/mol. The van der Waals surface area contributed by atoms with Gasteiger partial charge in [-0.3, -0.25) is 0 Å². The first-order valence-corrected chi connectivity index (χ1v) is 3.32. The fraction of sp³-hybridized carbons (Fsp3) is 0. The monoisotopic (exact) mass is 198 g/mol. The SMILES string of the molecule is N#Cc1cc(Br)cc[n+]1[O-]. The van der Waals surface area contributed by atoms with Gasteiger partial charge in [0.1, 0.15) is 0 Å². The van der Waals surface area contributed by atoms with E-state index in [1.165, 1.54) is 12.3 Å². The van der Waals surface area contributed by atoms with Crippen LogP contribution in [0.3, 0.4) is 0 Å². The van der Waals surface area contributed by atoms with Crippen molar-refractivity contribution in [3.05, 3.63) is 33.7 Å². The van der Waals surface area contributed by atoms with Gasteiger partial charge in [0, 0.05) is 16.6 Å². The topological polar surface area (TPSA) is 50.7 Å². The fourth-order valence-corrected chi connectivity index (χ4v) is 0.878. The molecule has 0 saturated heterocycles. The molecule has 1 rings (SSSR count).